The van der Waals surface area contributed by atoms with Crippen LogP contribution in [0.3, 0.4) is 0 Å². The van der Waals surface area contributed by atoms with Crippen LogP contribution in [0.25, 0.3) is 0 Å². The van der Waals surface area contributed by atoms with E-state index in [0.29, 0.717) is 30.0 Å². The summed E-state index contributed by atoms with van der Waals surface area (Å²) in [4.78, 5) is 8.21. The maximum atomic E-state index is 5.81. The van der Waals surface area contributed by atoms with Gasteiger partial charge in [-0.05, 0) is 30.7 Å². The Morgan fingerprint density at radius 1 is 1.36 bits per heavy atom. The number of aliphatic imine (C=N–C) groups is 1. The van der Waals surface area contributed by atoms with Crippen LogP contribution in [0.1, 0.15) is 5.56 Å². The summed E-state index contributed by atoms with van der Waals surface area (Å²) >= 11 is 5.74. The first kappa shape index (κ1) is 18.5. The van der Waals surface area contributed by atoms with Crippen molar-refractivity contribution >= 4 is 47.2 Å². The van der Waals surface area contributed by atoms with Crippen LogP contribution in [0.15, 0.2) is 47.6 Å². The van der Waals surface area contributed by atoms with Crippen molar-refractivity contribution in [3.05, 3.63) is 53.2 Å². The Morgan fingerprint density at radius 2 is 2.18 bits per heavy atom. The molecule has 118 valence electrons. The summed E-state index contributed by atoms with van der Waals surface area (Å²) in [5, 5.41) is 3.60. The maximum Gasteiger partial charge on any atom is 0.213 e. The number of nitrogens with one attached hydrogen (secondary N) is 1. The van der Waals surface area contributed by atoms with Gasteiger partial charge >= 0.3 is 0 Å². The molecule has 0 saturated carbocycles. The number of nitrogens with zero attached hydrogens (tertiary/aromatic N) is 2. The number of rotatable bonds is 5. The topological polar surface area (TPSA) is 72.5 Å². The summed E-state index contributed by atoms with van der Waals surface area (Å²) in [6, 6.07) is 11.3. The van der Waals surface area contributed by atoms with Crippen LogP contribution in [0.2, 0.25) is 5.02 Å². The number of aromatic nitrogens is 1. The summed E-state index contributed by atoms with van der Waals surface area (Å²) in [5.74, 6) is 0.869. The average Bonchev–Trinajstić information content (AvgIpc) is 2.45. The van der Waals surface area contributed by atoms with Crippen molar-refractivity contribution in [2.45, 2.75) is 6.92 Å². The van der Waals surface area contributed by atoms with Crippen molar-refractivity contribution < 1.29 is 4.74 Å². The van der Waals surface area contributed by atoms with Crippen molar-refractivity contribution in [3.8, 4) is 5.88 Å². The number of anilines is 1. The molecule has 1 heterocycles. The van der Waals surface area contributed by atoms with Gasteiger partial charge < -0.3 is 15.8 Å². The Kier molecular flexibility index (Phi) is 7.97. The van der Waals surface area contributed by atoms with E-state index in [9.17, 15) is 0 Å². The monoisotopic (exact) mass is 432 g/mol. The summed E-state index contributed by atoms with van der Waals surface area (Å²) < 4.78 is 5.42. The zero-order valence-corrected chi connectivity index (χ0v) is 15.2. The highest BCUT2D eigenvalue weighted by Crippen LogP contribution is 2.11. The van der Waals surface area contributed by atoms with Crippen LogP contribution in [-0.2, 0) is 0 Å². The second-order valence-corrected chi connectivity index (χ2v) is 4.86. The minimum atomic E-state index is 0. The van der Waals surface area contributed by atoms with Crippen LogP contribution in [-0.4, -0.2) is 24.1 Å². The first-order chi connectivity index (χ1) is 10.1. The highest BCUT2D eigenvalue weighted by atomic mass is 127. The Balaban J connectivity index is 0.00000242. The fourth-order valence-electron chi connectivity index (χ4n) is 1.67. The highest BCUT2D eigenvalue weighted by Gasteiger charge is 1.97. The average molecular weight is 433 g/mol. The molecular weight excluding hydrogens is 415 g/mol. The molecule has 0 aliphatic heterocycles. The number of guanidine groups is 1. The Labute approximate surface area is 152 Å². The molecule has 2 rings (SSSR count). The van der Waals surface area contributed by atoms with Crippen molar-refractivity contribution in [1.82, 2.24) is 4.98 Å². The predicted octanol–water partition coefficient (Wildman–Crippen LogP) is 3.47. The normalized spacial score (nSPS) is 10.7. The number of nitrogens with two attached hydrogens (primary N) is 1. The first-order valence-corrected chi connectivity index (χ1v) is 6.89. The smallest absolute Gasteiger partial charge is 0.213 e. The van der Waals surface area contributed by atoms with Crippen LogP contribution >= 0.6 is 35.6 Å². The van der Waals surface area contributed by atoms with Crippen LogP contribution in [0, 0.1) is 6.92 Å². The van der Waals surface area contributed by atoms with Crippen molar-refractivity contribution in [2.75, 3.05) is 18.5 Å². The standard InChI is InChI=1S/C15H17ClN4O.HI/c1-11-3-2-4-13(9-11)20-15(17)18-7-8-21-14-6-5-12(16)10-19-14;/h2-6,9-10H,7-8H2,1H3,(H3,17,18,20);1H. The number of pyridine rings is 1. The lowest BCUT2D eigenvalue weighted by molar-refractivity contribution is 0.316. The Bertz CT molecular complexity index is 619. The van der Waals surface area contributed by atoms with Gasteiger partial charge in [0.25, 0.3) is 0 Å². The second-order valence-electron chi connectivity index (χ2n) is 4.42. The molecule has 7 heteroatoms. The highest BCUT2D eigenvalue weighted by molar-refractivity contribution is 14.0. The molecule has 22 heavy (non-hydrogen) atoms. The molecule has 0 radical (unpaired) electrons. The molecule has 0 bridgehead atoms. The lowest BCUT2D eigenvalue weighted by atomic mass is 10.2. The number of halogens is 2. The summed E-state index contributed by atoms with van der Waals surface area (Å²) in [5.41, 5.74) is 7.88. The van der Waals surface area contributed by atoms with Gasteiger partial charge in [-0.25, -0.2) is 9.98 Å². The molecule has 3 N–H and O–H groups in total. The molecule has 0 amide bonds. The van der Waals surface area contributed by atoms with Gasteiger partial charge in [0.2, 0.25) is 5.88 Å². The SMILES string of the molecule is Cc1cccc(NC(N)=NCCOc2ccc(Cl)cn2)c1.I. The van der Waals surface area contributed by atoms with E-state index < -0.39 is 0 Å². The van der Waals surface area contributed by atoms with Gasteiger partial charge in [-0.2, -0.15) is 0 Å². The quantitative estimate of drug-likeness (QED) is 0.328. The third-order valence-electron chi connectivity index (χ3n) is 2.61. The Morgan fingerprint density at radius 3 is 2.86 bits per heavy atom. The zero-order valence-electron chi connectivity index (χ0n) is 12.1. The van der Waals surface area contributed by atoms with E-state index in [1.54, 1.807) is 12.1 Å². The number of hydrogen-bond acceptors (Lipinski definition) is 3. The van der Waals surface area contributed by atoms with Crippen molar-refractivity contribution in [3.63, 3.8) is 0 Å². The van der Waals surface area contributed by atoms with E-state index in [4.69, 9.17) is 22.1 Å². The fourth-order valence-corrected chi connectivity index (χ4v) is 1.79. The molecule has 1 aromatic heterocycles. The number of hydrogen-bond donors (Lipinski definition) is 2. The largest absolute Gasteiger partial charge is 0.476 e. The Hall–Kier alpha value is -1.54. The van der Waals surface area contributed by atoms with E-state index in [-0.39, 0.29) is 24.0 Å². The van der Waals surface area contributed by atoms with Gasteiger partial charge in [-0.1, -0.05) is 23.7 Å². The zero-order chi connectivity index (χ0) is 15.1. The van der Waals surface area contributed by atoms with E-state index >= 15 is 0 Å². The van der Waals surface area contributed by atoms with Crippen LogP contribution in [0.5, 0.6) is 5.88 Å². The summed E-state index contributed by atoms with van der Waals surface area (Å²) in [7, 11) is 0. The second kappa shape index (κ2) is 9.47. The molecule has 0 spiro atoms. The van der Waals surface area contributed by atoms with Crippen molar-refractivity contribution in [2.24, 2.45) is 10.7 Å². The maximum absolute atomic E-state index is 5.81. The van der Waals surface area contributed by atoms with E-state index in [0.717, 1.165) is 11.3 Å². The van der Waals surface area contributed by atoms with Gasteiger partial charge in [-0.15, -0.1) is 24.0 Å². The molecule has 0 unspecified atom stereocenters. The molecule has 2 aromatic rings. The predicted molar refractivity (Wildman–Crippen MR) is 101 cm³/mol. The van der Waals surface area contributed by atoms with Gasteiger partial charge in [0, 0.05) is 18.0 Å². The molecule has 0 atom stereocenters. The molecule has 5 nitrogen and oxygen atoms in total. The molecular formula is C15H18ClIN4O. The fraction of sp³-hybridized carbons (Fsp3) is 0.200. The molecule has 0 aliphatic carbocycles. The van der Waals surface area contributed by atoms with Gasteiger partial charge in [-0.3, -0.25) is 0 Å². The van der Waals surface area contributed by atoms with Gasteiger partial charge in [0.15, 0.2) is 5.96 Å². The minimum absolute atomic E-state index is 0. The molecule has 0 aliphatic rings. The third-order valence-corrected chi connectivity index (χ3v) is 2.84. The van der Waals surface area contributed by atoms with E-state index in [1.807, 2.05) is 31.2 Å². The molecule has 1 aromatic carbocycles. The van der Waals surface area contributed by atoms with Crippen LogP contribution < -0.4 is 15.8 Å². The van der Waals surface area contributed by atoms with E-state index in [1.165, 1.54) is 6.20 Å². The lowest BCUT2D eigenvalue weighted by Gasteiger charge is -2.07. The molecule has 0 saturated heterocycles. The van der Waals surface area contributed by atoms with Gasteiger partial charge in [0.1, 0.15) is 6.61 Å². The lowest BCUT2D eigenvalue weighted by Crippen LogP contribution is -2.23. The third kappa shape index (κ3) is 6.48. The number of aryl methyl sites for hydroxylation is 1. The first-order valence-electron chi connectivity index (χ1n) is 6.51. The molecule has 0 fully saturated rings. The number of benzene rings is 1. The van der Waals surface area contributed by atoms with Crippen LogP contribution in [0.4, 0.5) is 5.69 Å². The van der Waals surface area contributed by atoms with Crippen molar-refractivity contribution in [1.29, 1.82) is 0 Å². The summed E-state index contributed by atoms with van der Waals surface area (Å²) in [6.07, 6.45) is 1.54. The van der Waals surface area contributed by atoms with E-state index in [2.05, 4.69) is 15.3 Å². The minimum Gasteiger partial charge on any atom is -0.476 e. The summed E-state index contributed by atoms with van der Waals surface area (Å²) in [6.45, 7) is 2.85. The number of ether oxygens (including phenoxy) is 1. The van der Waals surface area contributed by atoms with Gasteiger partial charge in [0.05, 0.1) is 11.6 Å².